The third-order valence-corrected chi connectivity index (χ3v) is 9.07. The number of aromatic nitrogens is 1. The Hall–Kier alpha value is -3.44. The van der Waals surface area contributed by atoms with Gasteiger partial charge < -0.3 is 29.3 Å². The zero-order chi connectivity index (χ0) is 30.8. The predicted molar refractivity (Wildman–Crippen MR) is 161 cm³/mol. The number of benzene rings is 1. The summed E-state index contributed by atoms with van der Waals surface area (Å²) in [4.78, 5) is 38.7. The number of fused-ring (bicyclic) bond motifs is 1. The van der Waals surface area contributed by atoms with E-state index in [9.17, 15) is 19.1 Å². The molecule has 4 heterocycles. The van der Waals surface area contributed by atoms with Crippen molar-refractivity contribution in [2.24, 2.45) is 5.92 Å². The van der Waals surface area contributed by atoms with Gasteiger partial charge in [-0.05, 0) is 62.4 Å². The van der Waals surface area contributed by atoms with Crippen LogP contribution in [-0.2, 0) is 16.0 Å². The highest BCUT2D eigenvalue weighted by atomic mass is 19.1. The van der Waals surface area contributed by atoms with Crippen molar-refractivity contribution in [3.8, 4) is 5.88 Å². The van der Waals surface area contributed by atoms with Gasteiger partial charge in [0.05, 0.1) is 31.8 Å². The Morgan fingerprint density at radius 2 is 1.70 bits per heavy atom. The van der Waals surface area contributed by atoms with Crippen LogP contribution in [0, 0.1) is 11.7 Å². The minimum atomic E-state index is -0.964. The molecule has 2 fully saturated rings. The monoisotopic (exact) mass is 597 g/mol. The second-order valence-electron chi connectivity index (χ2n) is 12.6. The second kappa shape index (κ2) is 13.1. The minimum absolute atomic E-state index is 0.0436. The van der Waals surface area contributed by atoms with Crippen LogP contribution in [0.1, 0.15) is 45.7 Å². The van der Waals surface area contributed by atoms with Crippen LogP contribution in [0.5, 0.6) is 5.88 Å². The Labute approximate surface area is 253 Å². The highest BCUT2D eigenvalue weighted by Crippen LogP contribution is 2.35. The van der Waals surface area contributed by atoms with E-state index in [1.54, 1.807) is 18.3 Å². The molecule has 1 aromatic heterocycles. The van der Waals surface area contributed by atoms with E-state index in [0.717, 1.165) is 16.8 Å². The van der Waals surface area contributed by atoms with Gasteiger partial charge >= 0.3 is 6.09 Å². The number of nitrogens with zero attached hydrogens (tertiary/aromatic N) is 5. The summed E-state index contributed by atoms with van der Waals surface area (Å²) in [5, 5.41) is 9.91. The van der Waals surface area contributed by atoms with E-state index in [-0.39, 0.29) is 60.9 Å². The minimum Gasteiger partial charge on any atom is -0.474 e. The topological polar surface area (TPSA) is 98.7 Å². The van der Waals surface area contributed by atoms with Crippen LogP contribution in [-0.4, -0.2) is 113 Å². The van der Waals surface area contributed by atoms with E-state index in [4.69, 9.17) is 9.47 Å². The second-order valence-corrected chi connectivity index (χ2v) is 12.6. The van der Waals surface area contributed by atoms with Crippen LogP contribution in [0.3, 0.4) is 0 Å². The quantitative estimate of drug-likeness (QED) is 0.516. The Bertz CT molecular complexity index is 1280. The number of piperazine rings is 1. The number of hydrogen-bond acceptors (Lipinski definition) is 7. The lowest BCUT2D eigenvalue weighted by atomic mass is 9.99. The first-order valence-electron chi connectivity index (χ1n) is 15.3. The number of amides is 2. The van der Waals surface area contributed by atoms with Crippen LogP contribution >= 0.6 is 0 Å². The number of carbonyl (C=O) groups is 2. The number of halogens is 1. The van der Waals surface area contributed by atoms with Crippen LogP contribution in [0.25, 0.3) is 0 Å². The van der Waals surface area contributed by atoms with E-state index in [0.29, 0.717) is 45.2 Å². The molecule has 43 heavy (non-hydrogen) atoms. The first-order valence-corrected chi connectivity index (χ1v) is 15.3. The van der Waals surface area contributed by atoms with E-state index < -0.39 is 6.09 Å². The standard InChI is InChI=1S/C32H44FN5O5/c1-20(2)29-19-43-31-28(11-25(12-34-31)10-24-6-8-26(33)9-7-24)38(29)16-30(39)37-13-21(3)36(32(40)41)15-27(37)14-35-22(4)17-42-18-23(35)5/h6-9,11-12,20-23,27,29H,10,13-19H2,1-5H3,(H,40,41)/t21-,22-,23-,27+,29?/m1/s1. The first-order chi connectivity index (χ1) is 20.5. The summed E-state index contributed by atoms with van der Waals surface area (Å²) in [5.74, 6) is 0.372. The summed E-state index contributed by atoms with van der Waals surface area (Å²) in [6.45, 7) is 13.2. The molecule has 0 saturated carbocycles. The molecule has 2 aromatic rings. The van der Waals surface area contributed by atoms with Crippen molar-refractivity contribution in [3.05, 3.63) is 53.5 Å². The number of rotatable bonds is 7. The molecule has 2 amide bonds. The number of carbonyl (C=O) groups excluding carboxylic acids is 1. The summed E-state index contributed by atoms with van der Waals surface area (Å²) >= 11 is 0. The molecule has 3 aliphatic heterocycles. The van der Waals surface area contributed by atoms with Crippen molar-refractivity contribution < 1.29 is 28.6 Å². The Morgan fingerprint density at radius 1 is 1.00 bits per heavy atom. The lowest BCUT2D eigenvalue weighted by Gasteiger charge is -2.49. The highest BCUT2D eigenvalue weighted by Gasteiger charge is 2.41. The van der Waals surface area contributed by atoms with E-state index >= 15 is 0 Å². The Balaban J connectivity index is 1.41. The van der Waals surface area contributed by atoms with E-state index in [1.807, 2.05) is 17.9 Å². The van der Waals surface area contributed by atoms with Crippen molar-refractivity contribution >= 4 is 17.7 Å². The van der Waals surface area contributed by atoms with E-state index in [2.05, 4.69) is 42.5 Å². The van der Waals surface area contributed by atoms with Gasteiger partial charge in [0.25, 0.3) is 0 Å². The molecule has 0 aliphatic carbocycles. The summed E-state index contributed by atoms with van der Waals surface area (Å²) in [7, 11) is 0. The van der Waals surface area contributed by atoms with Crippen LogP contribution in [0.15, 0.2) is 36.5 Å². The highest BCUT2D eigenvalue weighted by molar-refractivity contribution is 5.83. The zero-order valence-corrected chi connectivity index (χ0v) is 25.8. The molecule has 3 aliphatic rings. The fraction of sp³-hybridized carbons (Fsp3) is 0.594. The average Bonchev–Trinajstić information content (AvgIpc) is 2.96. The number of hydrogen-bond donors (Lipinski definition) is 1. The van der Waals surface area contributed by atoms with Gasteiger partial charge in [0.2, 0.25) is 11.8 Å². The first kappa shape index (κ1) is 31.0. The lowest BCUT2D eigenvalue weighted by molar-refractivity contribution is -0.138. The predicted octanol–water partition coefficient (Wildman–Crippen LogP) is 3.72. The molecule has 1 N–H and O–H groups in total. The third-order valence-electron chi connectivity index (χ3n) is 9.07. The van der Waals surface area contributed by atoms with Gasteiger partial charge in [-0.3, -0.25) is 9.69 Å². The fourth-order valence-corrected chi connectivity index (χ4v) is 6.56. The van der Waals surface area contributed by atoms with Crippen molar-refractivity contribution in [1.82, 2.24) is 19.7 Å². The molecule has 5 rings (SSSR count). The summed E-state index contributed by atoms with van der Waals surface area (Å²) in [6.07, 6.45) is 1.38. The normalized spacial score (nSPS) is 26.3. The number of anilines is 1. The molecule has 234 valence electrons. The number of carboxylic acid groups (broad SMARTS) is 1. The number of ether oxygens (including phenoxy) is 2. The van der Waals surface area contributed by atoms with Crippen molar-refractivity contribution in [1.29, 1.82) is 0 Å². The SMILES string of the molecule is CC(C)C1COc2ncc(Cc3ccc(F)cc3)cc2N1CC(=O)N1C[C@@H](C)N(C(=O)O)C[C@@H]1CN1[C@H](C)COC[C@H]1C. The molecule has 1 unspecified atom stereocenters. The Kier molecular flexibility index (Phi) is 9.41. The number of pyridine rings is 1. The molecule has 0 spiro atoms. The van der Waals surface area contributed by atoms with Crippen molar-refractivity contribution in [2.45, 2.75) is 71.2 Å². The van der Waals surface area contributed by atoms with Crippen molar-refractivity contribution in [2.75, 3.05) is 50.9 Å². The Morgan fingerprint density at radius 3 is 2.35 bits per heavy atom. The number of morpholine rings is 1. The molecule has 1 aromatic carbocycles. The van der Waals surface area contributed by atoms with Gasteiger partial charge in [-0.15, -0.1) is 0 Å². The smallest absolute Gasteiger partial charge is 0.407 e. The summed E-state index contributed by atoms with van der Waals surface area (Å²) in [6, 6.07) is 8.12. The maximum atomic E-state index is 14.3. The third kappa shape index (κ3) is 6.88. The molecule has 11 heteroatoms. The molecule has 0 bridgehead atoms. The van der Waals surface area contributed by atoms with Gasteiger partial charge in [0.1, 0.15) is 18.1 Å². The molecule has 5 atom stereocenters. The maximum Gasteiger partial charge on any atom is 0.407 e. The van der Waals surface area contributed by atoms with Crippen molar-refractivity contribution in [3.63, 3.8) is 0 Å². The maximum absolute atomic E-state index is 14.3. The van der Waals surface area contributed by atoms with Crippen LogP contribution in [0.4, 0.5) is 14.9 Å². The molecule has 2 saturated heterocycles. The van der Waals surface area contributed by atoms with Gasteiger partial charge in [0.15, 0.2) is 0 Å². The van der Waals surface area contributed by atoms with Crippen LogP contribution < -0.4 is 9.64 Å². The average molecular weight is 598 g/mol. The summed E-state index contributed by atoms with van der Waals surface area (Å²) in [5.41, 5.74) is 2.66. The van der Waals surface area contributed by atoms with Gasteiger partial charge in [-0.1, -0.05) is 26.0 Å². The summed E-state index contributed by atoms with van der Waals surface area (Å²) < 4.78 is 25.2. The van der Waals surface area contributed by atoms with Gasteiger partial charge in [-0.2, -0.15) is 0 Å². The lowest BCUT2D eigenvalue weighted by Crippen LogP contribution is -2.66. The van der Waals surface area contributed by atoms with Gasteiger partial charge in [-0.25, -0.2) is 14.2 Å². The van der Waals surface area contributed by atoms with E-state index in [1.165, 1.54) is 17.0 Å². The van der Waals surface area contributed by atoms with Crippen LogP contribution in [0.2, 0.25) is 0 Å². The van der Waals surface area contributed by atoms with Gasteiger partial charge in [0, 0.05) is 44.0 Å². The fourth-order valence-electron chi connectivity index (χ4n) is 6.56. The zero-order valence-electron chi connectivity index (χ0n) is 25.8. The molecular weight excluding hydrogens is 553 g/mol. The molecular formula is C32H44FN5O5. The molecule has 0 radical (unpaired) electrons. The molecule has 10 nitrogen and oxygen atoms in total. The largest absolute Gasteiger partial charge is 0.474 e.